The lowest BCUT2D eigenvalue weighted by Gasteiger charge is -2.09. The van der Waals surface area contributed by atoms with Crippen LogP contribution in [0.1, 0.15) is 31.0 Å². The van der Waals surface area contributed by atoms with E-state index >= 15 is 0 Å². The van der Waals surface area contributed by atoms with Gasteiger partial charge in [0.05, 0.1) is 17.3 Å². The van der Waals surface area contributed by atoms with Crippen molar-refractivity contribution in [1.82, 2.24) is 9.78 Å². The fourth-order valence-electron chi connectivity index (χ4n) is 1.64. The lowest BCUT2D eigenvalue weighted by Crippen LogP contribution is -2.03. The normalized spacial score (nSPS) is 10.4. The van der Waals surface area contributed by atoms with Crippen molar-refractivity contribution >= 4 is 0 Å². The second-order valence-electron chi connectivity index (χ2n) is 3.98. The van der Waals surface area contributed by atoms with Crippen LogP contribution in [0.5, 0.6) is 0 Å². The van der Waals surface area contributed by atoms with Gasteiger partial charge in [-0.1, -0.05) is 13.8 Å². The van der Waals surface area contributed by atoms with Crippen LogP contribution in [-0.2, 0) is 0 Å². The fourth-order valence-corrected chi connectivity index (χ4v) is 1.64. The Morgan fingerprint density at radius 1 is 1.19 bits per heavy atom. The van der Waals surface area contributed by atoms with E-state index in [-0.39, 0.29) is 0 Å². The van der Waals surface area contributed by atoms with Gasteiger partial charge in [0.25, 0.3) is 0 Å². The summed E-state index contributed by atoms with van der Waals surface area (Å²) in [5, 5.41) is 13.0. The van der Waals surface area contributed by atoms with Crippen LogP contribution in [-0.4, -0.2) is 9.78 Å². The van der Waals surface area contributed by atoms with Gasteiger partial charge in [0.1, 0.15) is 0 Å². The highest BCUT2D eigenvalue weighted by Crippen LogP contribution is 2.18. The first-order valence-electron chi connectivity index (χ1n) is 5.27. The summed E-state index contributed by atoms with van der Waals surface area (Å²) >= 11 is 0. The van der Waals surface area contributed by atoms with Gasteiger partial charge in [-0.25, -0.2) is 4.68 Å². The molecule has 1 aromatic heterocycles. The van der Waals surface area contributed by atoms with Crippen molar-refractivity contribution < 1.29 is 0 Å². The predicted octanol–water partition coefficient (Wildman–Crippen LogP) is 2.87. The van der Waals surface area contributed by atoms with Crippen LogP contribution >= 0.6 is 0 Å². The molecule has 0 aliphatic heterocycles. The summed E-state index contributed by atoms with van der Waals surface area (Å²) in [7, 11) is 0. The van der Waals surface area contributed by atoms with Crippen molar-refractivity contribution in [2.24, 2.45) is 0 Å². The standard InChI is InChI=1S/C13H13N3/c1-10(2)13-7-8-15-16(13)12-5-3-11(9-14)4-6-12/h3-8,10H,1-2H3. The quantitative estimate of drug-likeness (QED) is 0.766. The van der Waals surface area contributed by atoms with E-state index in [2.05, 4.69) is 25.0 Å². The van der Waals surface area contributed by atoms with Gasteiger partial charge in [0.2, 0.25) is 0 Å². The molecule has 0 amide bonds. The monoisotopic (exact) mass is 211 g/mol. The third kappa shape index (κ3) is 1.82. The first-order chi connectivity index (χ1) is 7.72. The highest BCUT2D eigenvalue weighted by atomic mass is 15.3. The zero-order valence-corrected chi connectivity index (χ0v) is 9.38. The molecule has 80 valence electrons. The summed E-state index contributed by atoms with van der Waals surface area (Å²) in [6.07, 6.45) is 1.80. The van der Waals surface area contributed by atoms with Crippen LogP contribution in [0.15, 0.2) is 36.5 Å². The number of nitriles is 1. The molecule has 3 heteroatoms. The second-order valence-corrected chi connectivity index (χ2v) is 3.98. The average molecular weight is 211 g/mol. The Balaban J connectivity index is 2.43. The largest absolute Gasteiger partial charge is 0.238 e. The van der Waals surface area contributed by atoms with Crippen molar-refractivity contribution in [2.75, 3.05) is 0 Å². The van der Waals surface area contributed by atoms with Gasteiger partial charge in [-0.3, -0.25) is 0 Å². The van der Waals surface area contributed by atoms with Gasteiger partial charge in [0.15, 0.2) is 0 Å². The number of nitrogens with zero attached hydrogens (tertiary/aromatic N) is 3. The summed E-state index contributed by atoms with van der Waals surface area (Å²) in [5.74, 6) is 0.429. The van der Waals surface area contributed by atoms with Crippen molar-refractivity contribution in [1.29, 1.82) is 5.26 Å². The van der Waals surface area contributed by atoms with Crippen LogP contribution in [0.4, 0.5) is 0 Å². The summed E-state index contributed by atoms with van der Waals surface area (Å²) in [6, 6.07) is 11.6. The number of rotatable bonds is 2. The highest BCUT2D eigenvalue weighted by Gasteiger charge is 2.07. The topological polar surface area (TPSA) is 41.6 Å². The number of hydrogen-bond donors (Lipinski definition) is 0. The molecule has 0 saturated carbocycles. The Labute approximate surface area is 94.9 Å². The molecule has 0 aliphatic rings. The average Bonchev–Trinajstić information content (AvgIpc) is 2.78. The van der Waals surface area contributed by atoms with Gasteiger partial charge in [-0.05, 0) is 36.2 Å². The molecule has 2 aromatic rings. The van der Waals surface area contributed by atoms with Crippen molar-refractivity contribution in [3.63, 3.8) is 0 Å². The molecule has 0 aliphatic carbocycles. The Kier molecular flexibility index (Phi) is 2.74. The molecule has 0 spiro atoms. The summed E-state index contributed by atoms with van der Waals surface area (Å²) in [5.41, 5.74) is 2.83. The zero-order valence-electron chi connectivity index (χ0n) is 9.38. The third-order valence-electron chi connectivity index (χ3n) is 2.50. The lowest BCUT2D eigenvalue weighted by atomic mass is 10.1. The zero-order chi connectivity index (χ0) is 11.5. The minimum absolute atomic E-state index is 0.429. The summed E-state index contributed by atoms with van der Waals surface area (Å²) in [4.78, 5) is 0. The SMILES string of the molecule is CC(C)c1ccnn1-c1ccc(C#N)cc1. The first-order valence-corrected chi connectivity index (χ1v) is 5.27. The van der Waals surface area contributed by atoms with E-state index in [1.165, 1.54) is 5.69 Å². The molecule has 0 saturated heterocycles. The van der Waals surface area contributed by atoms with Gasteiger partial charge >= 0.3 is 0 Å². The van der Waals surface area contributed by atoms with E-state index in [1.54, 1.807) is 18.3 Å². The fraction of sp³-hybridized carbons (Fsp3) is 0.231. The van der Waals surface area contributed by atoms with E-state index in [1.807, 2.05) is 22.9 Å². The molecule has 16 heavy (non-hydrogen) atoms. The number of aromatic nitrogens is 2. The molecular weight excluding hydrogens is 198 g/mol. The molecule has 0 bridgehead atoms. The van der Waals surface area contributed by atoms with Gasteiger partial charge in [-0.2, -0.15) is 10.4 Å². The first kappa shape index (κ1) is 10.4. The van der Waals surface area contributed by atoms with Crippen LogP contribution in [0.2, 0.25) is 0 Å². The molecule has 3 nitrogen and oxygen atoms in total. The van der Waals surface area contributed by atoms with Gasteiger partial charge < -0.3 is 0 Å². The molecule has 0 atom stereocenters. The molecule has 0 fully saturated rings. The van der Waals surface area contributed by atoms with Crippen LogP contribution in [0, 0.1) is 11.3 Å². The maximum atomic E-state index is 8.73. The van der Waals surface area contributed by atoms with E-state index < -0.39 is 0 Å². The smallest absolute Gasteiger partial charge is 0.0991 e. The van der Waals surface area contributed by atoms with Crippen LogP contribution in [0.25, 0.3) is 5.69 Å². The molecule has 0 N–H and O–H groups in total. The minimum Gasteiger partial charge on any atom is -0.238 e. The van der Waals surface area contributed by atoms with E-state index in [4.69, 9.17) is 5.26 Å². The molecule has 1 aromatic carbocycles. The predicted molar refractivity (Wildman–Crippen MR) is 62.4 cm³/mol. The van der Waals surface area contributed by atoms with Crippen molar-refractivity contribution in [3.05, 3.63) is 47.8 Å². The van der Waals surface area contributed by atoms with Crippen molar-refractivity contribution in [3.8, 4) is 11.8 Å². The number of hydrogen-bond acceptors (Lipinski definition) is 2. The highest BCUT2D eigenvalue weighted by molar-refractivity contribution is 5.40. The third-order valence-corrected chi connectivity index (χ3v) is 2.50. The Morgan fingerprint density at radius 2 is 1.88 bits per heavy atom. The summed E-state index contributed by atoms with van der Waals surface area (Å²) < 4.78 is 1.91. The Morgan fingerprint density at radius 3 is 2.44 bits per heavy atom. The van der Waals surface area contributed by atoms with Crippen LogP contribution < -0.4 is 0 Å². The maximum absolute atomic E-state index is 8.73. The van der Waals surface area contributed by atoms with Gasteiger partial charge in [-0.15, -0.1) is 0 Å². The molecule has 2 rings (SSSR count). The lowest BCUT2D eigenvalue weighted by molar-refractivity contribution is 0.734. The maximum Gasteiger partial charge on any atom is 0.0991 e. The van der Waals surface area contributed by atoms with Gasteiger partial charge in [0, 0.05) is 11.9 Å². The molecule has 0 radical (unpaired) electrons. The minimum atomic E-state index is 0.429. The Hall–Kier alpha value is -2.08. The number of benzene rings is 1. The van der Waals surface area contributed by atoms with Crippen molar-refractivity contribution in [2.45, 2.75) is 19.8 Å². The second kappa shape index (κ2) is 4.19. The van der Waals surface area contributed by atoms with Crippen LogP contribution in [0.3, 0.4) is 0 Å². The molecule has 0 unspecified atom stereocenters. The molecular formula is C13H13N3. The summed E-state index contributed by atoms with van der Waals surface area (Å²) in [6.45, 7) is 4.27. The van der Waals surface area contributed by atoms with E-state index in [9.17, 15) is 0 Å². The molecule has 1 heterocycles. The van der Waals surface area contributed by atoms with E-state index in [0.717, 1.165) is 5.69 Å². The Bertz CT molecular complexity index is 515. The van der Waals surface area contributed by atoms with E-state index in [0.29, 0.717) is 11.5 Å².